The summed E-state index contributed by atoms with van der Waals surface area (Å²) < 4.78 is 0. The van der Waals surface area contributed by atoms with Crippen LogP contribution in [0, 0.1) is 6.92 Å². The van der Waals surface area contributed by atoms with Crippen molar-refractivity contribution < 1.29 is 0 Å². The molecular formula is C15H10Cl2N2S. The fourth-order valence-corrected chi connectivity index (χ4v) is 3.21. The molecule has 3 aromatic rings. The molecule has 0 unspecified atom stereocenters. The molecule has 1 aromatic carbocycles. The summed E-state index contributed by atoms with van der Waals surface area (Å²) in [7, 11) is 0. The highest BCUT2D eigenvalue weighted by atomic mass is 35.5. The minimum absolute atomic E-state index is 0.372. The largest absolute Gasteiger partial charge is 0.216 e. The second kappa shape index (κ2) is 5.52. The van der Waals surface area contributed by atoms with Gasteiger partial charge in [0, 0.05) is 10.9 Å². The highest BCUT2D eigenvalue weighted by Crippen LogP contribution is 2.34. The van der Waals surface area contributed by atoms with E-state index < -0.39 is 0 Å². The van der Waals surface area contributed by atoms with Crippen LogP contribution in [0.15, 0.2) is 41.1 Å². The number of thiophene rings is 1. The minimum atomic E-state index is 0.372. The summed E-state index contributed by atoms with van der Waals surface area (Å²) in [6, 6.07) is 9.89. The molecule has 0 fully saturated rings. The standard InChI is InChI=1S/C15H10Cl2N2S/c1-9-3-2-4-10(7-9)12-13(16)18-15(19-14(12)17)11-5-6-20-8-11/h2-8H,1H3. The summed E-state index contributed by atoms with van der Waals surface area (Å²) in [5, 5.41) is 4.68. The smallest absolute Gasteiger partial charge is 0.163 e. The molecule has 20 heavy (non-hydrogen) atoms. The molecule has 0 radical (unpaired) electrons. The van der Waals surface area contributed by atoms with Crippen LogP contribution in [0.1, 0.15) is 5.56 Å². The predicted octanol–water partition coefficient (Wildman–Crippen LogP) is 5.49. The van der Waals surface area contributed by atoms with E-state index in [9.17, 15) is 0 Å². The number of nitrogens with zero attached hydrogens (tertiary/aromatic N) is 2. The molecule has 0 atom stereocenters. The van der Waals surface area contributed by atoms with Gasteiger partial charge in [-0.3, -0.25) is 0 Å². The number of hydrogen-bond acceptors (Lipinski definition) is 3. The van der Waals surface area contributed by atoms with Crippen LogP contribution in [0.3, 0.4) is 0 Å². The fourth-order valence-electron chi connectivity index (χ4n) is 1.97. The van der Waals surface area contributed by atoms with Crippen molar-refractivity contribution in [3.8, 4) is 22.5 Å². The first-order valence-electron chi connectivity index (χ1n) is 5.98. The lowest BCUT2D eigenvalue weighted by molar-refractivity contribution is 1.18. The Bertz CT molecular complexity index is 731. The van der Waals surface area contributed by atoms with Gasteiger partial charge in [-0.05, 0) is 23.9 Å². The van der Waals surface area contributed by atoms with Gasteiger partial charge in [-0.15, -0.1) is 0 Å². The second-order valence-electron chi connectivity index (χ2n) is 4.39. The van der Waals surface area contributed by atoms with Gasteiger partial charge < -0.3 is 0 Å². The van der Waals surface area contributed by atoms with E-state index in [0.717, 1.165) is 16.7 Å². The first-order chi connectivity index (χ1) is 9.65. The van der Waals surface area contributed by atoms with Crippen LogP contribution in [0.5, 0.6) is 0 Å². The first-order valence-corrected chi connectivity index (χ1v) is 7.67. The van der Waals surface area contributed by atoms with E-state index in [1.165, 1.54) is 0 Å². The number of rotatable bonds is 2. The van der Waals surface area contributed by atoms with Gasteiger partial charge in [0.1, 0.15) is 10.3 Å². The lowest BCUT2D eigenvalue weighted by Gasteiger charge is -2.08. The van der Waals surface area contributed by atoms with Crippen LogP contribution in [0.4, 0.5) is 0 Å². The van der Waals surface area contributed by atoms with Gasteiger partial charge in [0.15, 0.2) is 5.82 Å². The Morgan fingerprint density at radius 3 is 2.35 bits per heavy atom. The molecule has 5 heteroatoms. The lowest BCUT2D eigenvalue weighted by atomic mass is 10.1. The van der Waals surface area contributed by atoms with Crippen molar-refractivity contribution in [2.75, 3.05) is 0 Å². The van der Waals surface area contributed by atoms with Gasteiger partial charge in [0.25, 0.3) is 0 Å². The van der Waals surface area contributed by atoms with E-state index in [0.29, 0.717) is 21.7 Å². The van der Waals surface area contributed by atoms with Gasteiger partial charge in [-0.25, -0.2) is 9.97 Å². The van der Waals surface area contributed by atoms with Crippen LogP contribution in [-0.4, -0.2) is 9.97 Å². The molecule has 0 aliphatic heterocycles. The quantitative estimate of drug-likeness (QED) is 0.583. The molecule has 2 heterocycles. The number of benzene rings is 1. The number of hydrogen-bond donors (Lipinski definition) is 0. The zero-order valence-corrected chi connectivity index (χ0v) is 12.9. The van der Waals surface area contributed by atoms with E-state index in [-0.39, 0.29) is 0 Å². The van der Waals surface area contributed by atoms with Crippen molar-refractivity contribution in [3.05, 3.63) is 57.0 Å². The average Bonchev–Trinajstić information content (AvgIpc) is 2.91. The van der Waals surface area contributed by atoms with Crippen LogP contribution >= 0.6 is 34.5 Å². The Kier molecular flexibility index (Phi) is 3.74. The number of halogens is 2. The van der Waals surface area contributed by atoms with Crippen LogP contribution in [0.2, 0.25) is 10.3 Å². The Morgan fingerprint density at radius 1 is 1.00 bits per heavy atom. The SMILES string of the molecule is Cc1cccc(-c2c(Cl)nc(-c3ccsc3)nc2Cl)c1. The van der Waals surface area contributed by atoms with Gasteiger partial charge >= 0.3 is 0 Å². The Hall–Kier alpha value is -1.42. The molecule has 2 aromatic heterocycles. The van der Waals surface area contributed by atoms with E-state index in [2.05, 4.69) is 9.97 Å². The van der Waals surface area contributed by atoms with Crippen molar-refractivity contribution in [2.24, 2.45) is 0 Å². The molecule has 2 nitrogen and oxygen atoms in total. The van der Waals surface area contributed by atoms with Crippen molar-refractivity contribution in [1.29, 1.82) is 0 Å². The van der Waals surface area contributed by atoms with Crippen molar-refractivity contribution in [2.45, 2.75) is 6.92 Å². The van der Waals surface area contributed by atoms with E-state index in [1.807, 2.05) is 48.0 Å². The summed E-state index contributed by atoms with van der Waals surface area (Å²) in [6.45, 7) is 2.02. The molecule has 0 aliphatic rings. The van der Waals surface area contributed by atoms with Gasteiger partial charge in [0.05, 0.1) is 5.56 Å². The lowest BCUT2D eigenvalue weighted by Crippen LogP contribution is -1.94. The molecule has 0 saturated carbocycles. The molecule has 0 amide bonds. The molecule has 0 bridgehead atoms. The zero-order valence-electron chi connectivity index (χ0n) is 10.6. The Morgan fingerprint density at radius 2 is 1.75 bits per heavy atom. The monoisotopic (exact) mass is 320 g/mol. The maximum absolute atomic E-state index is 6.31. The highest BCUT2D eigenvalue weighted by Gasteiger charge is 2.14. The summed E-state index contributed by atoms with van der Waals surface area (Å²) >= 11 is 14.2. The maximum atomic E-state index is 6.31. The topological polar surface area (TPSA) is 25.8 Å². The molecular weight excluding hydrogens is 311 g/mol. The summed E-state index contributed by atoms with van der Waals surface area (Å²) in [5.41, 5.74) is 3.67. The second-order valence-corrected chi connectivity index (χ2v) is 5.88. The third-order valence-electron chi connectivity index (χ3n) is 2.91. The van der Waals surface area contributed by atoms with Crippen molar-refractivity contribution in [3.63, 3.8) is 0 Å². The average molecular weight is 321 g/mol. The molecule has 100 valence electrons. The highest BCUT2D eigenvalue weighted by molar-refractivity contribution is 7.08. The van der Waals surface area contributed by atoms with Crippen molar-refractivity contribution in [1.82, 2.24) is 9.97 Å². The van der Waals surface area contributed by atoms with E-state index >= 15 is 0 Å². The van der Waals surface area contributed by atoms with Crippen molar-refractivity contribution >= 4 is 34.5 Å². The maximum Gasteiger partial charge on any atom is 0.163 e. The minimum Gasteiger partial charge on any atom is -0.216 e. The molecule has 0 spiro atoms. The number of aromatic nitrogens is 2. The summed E-state index contributed by atoms with van der Waals surface area (Å²) in [4.78, 5) is 8.72. The third kappa shape index (κ3) is 2.57. The summed E-state index contributed by atoms with van der Waals surface area (Å²) in [6.07, 6.45) is 0. The Balaban J connectivity index is 2.14. The van der Waals surface area contributed by atoms with Crippen LogP contribution in [-0.2, 0) is 0 Å². The third-order valence-corrected chi connectivity index (χ3v) is 4.14. The predicted molar refractivity (Wildman–Crippen MR) is 85.5 cm³/mol. The fraction of sp³-hybridized carbons (Fsp3) is 0.0667. The van der Waals surface area contributed by atoms with Crippen LogP contribution in [0.25, 0.3) is 22.5 Å². The normalized spacial score (nSPS) is 10.8. The first kappa shape index (κ1) is 13.6. The van der Waals surface area contributed by atoms with E-state index in [1.54, 1.807) is 11.3 Å². The molecule has 3 rings (SSSR count). The van der Waals surface area contributed by atoms with Gasteiger partial charge in [-0.2, -0.15) is 11.3 Å². The molecule has 0 N–H and O–H groups in total. The number of aryl methyl sites for hydroxylation is 1. The summed E-state index contributed by atoms with van der Waals surface area (Å²) in [5.74, 6) is 0.553. The zero-order chi connectivity index (χ0) is 14.1. The molecule has 0 aliphatic carbocycles. The van der Waals surface area contributed by atoms with Gasteiger partial charge in [0.2, 0.25) is 0 Å². The van der Waals surface area contributed by atoms with E-state index in [4.69, 9.17) is 23.2 Å². The van der Waals surface area contributed by atoms with Gasteiger partial charge in [-0.1, -0.05) is 53.0 Å². The molecule has 0 saturated heterocycles. The van der Waals surface area contributed by atoms with Crippen LogP contribution < -0.4 is 0 Å². The Labute approximate surface area is 131 Å².